The molecule has 34 heavy (non-hydrogen) atoms. The third-order valence-corrected chi connectivity index (χ3v) is 7.42. The summed E-state index contributed by atoms with van der Waals surface area (Å²) in [4.78, 5) is 33.8. The summed E-state index contributed by atoms with van der Waals surface area (Å²) in [5, 5.41) is 0.608. The fourth-order valence-corrected chi connectivity index (χ4v) is 5.54. The Kier molecular flexibility index (Phi) is 7.46. The van der Waals surface area contributed by atoms with Gasteiger partial charge in [-0.3, -0.25) is 14.2 Å². The van der Waals surface area contributed by atoms with Crippen LogP contribution in [0.5, 0.6) is 11.5 Å². The highest BCUT2D eigenvalue weighted by Gasteiger charge is 2.30. The highest BCUT2D eigenvalue weighted by molar-refractivity contribution is 8.00. The Morgan fingerprint density at radius 2 is 1.91 bits per heavy atom. The van der Waals surface area contributed by atoms with Crippen LogP contribution >= 0.6 is 11.8 Å². The van der Waals surface area contributed by atoms with Gasteiger partial charge in [0.15, 0.2) is 16.7 Å². The second-order valence-electron chi connectivity index (χ2n) is 8.44. The lowest BCUT2D eigenvalue weighted by atomic mass is 10.00. The van der Waals surface area contributed by atoms with Gasteiger partial charge in [0.25, 0.3) is 5.56 Å². The van der Waals surface area contributed by atoms with Crippen molar-refractivity contribution >= 4 is 28.6 Å². The van der Waals surface area contributed by atoms with Crippen molar-refractivity contribution in [2.45, 2.75) is 56.0 Å². The summed E-state index contributed by atoms with van der Waals surface area (Å²) in [6.07, 6.45) is 4.19. The van der Waals surface area contributed by atoms with E-state index >= 15 is 0 Å². The number of carbonyl (C=O) groups is 1. The largest absolute Gasteiger partial charge is 0.493 e. The van der Waals surface area contributed by atoms with Crippen LogP contribution in [0.15, 0.2) is 52.4 Å². The number of hydrogen-bond acceptors (Lipinski definition) is 6. The zero-order valence-electron chi connectivity index (χ0n) is 20.1. The molecule has 1 aromatic heterocycles. The number of carbonyl (C=O) groups excluding carboxylic acids is 1. The van der Waals surface area contributed by atoms with Gasteiger partial charge in [-0.1, -0.05) is 30.8 Å². The molecule has 0 spiro atoms. The maximum Gasteiger partial charge on any atom is 0.266 e. The van der Waals surface area contributed by atoms with E-state index in [9.17, 15) is 9.59 Å². The number of ether oxygens (including phenoxy) is 2. The molecule has 1 aliphatic rings. The van der Waals surface area contributed by atoms with Gasteiger partial charge >= 0.3 is 0 Å². The maximum absolute atomic E-state index is 13.6. The zero-order valence-corrected chi connectivity index (χ0v) is 20.9. The number of piperidine rings is 1. The minimum absolute atomic E-state index is 0.0952. The van der Waals surface area contributed by atoms with E-state index in [-0.39, 0.29) is 22.8 Å². The number of rotatable bonds is 7. The molecule has 3 aromatic rings. The Morgan fingerprint density at radius 1 is 1.15 bits per heavy atom. The van der Waals surface area contributed by atoms with E-state index in [1.807, 2.05) is 30.0 Å². The Hall–Kier alpha value is -3.00. The monoisotopic (exact) mass is 481 g/mol. The van der Waals surface area contributed by atoms with Crippen molar-refractivity contribution in [3.05, 3.63) is 52.8 Å². The van der Waals surface area contributed by atoms with Gasteiger partial charge in [-0.25, -0.2) is 4.98 Å². The standard InChI is InChI=1S/C26H31N3O4S/c1-5-18-10-8-9-15-28(18)24(30)17(2)34-26-27-21-12-7-6-11-20(21)25(31)29(26)19-13-14-22(32-3)23(16-19)33-4/h6-7,11-14,16-18H,5,8-10,15H2,1-4H3. The van der Waals surface area contributed by atoms with Crippen LogP contribution in [0.4, 0.5) is 0 Å². The number of fused-ring (bicyclic) bond motifs is 1. The van der Waals surface area contributed by atoms with E-state index in [4.69, 9.17) is 14.5 Å². The van der Waals surface area contributed by atoms with Crippen LogP contribution in [0.1, 0.15) is 39.5 Å². The highest BCUT2D eigenvalue weighted by Crippen LogP contribution is 2.32. The lowest BCUT2D eigenvalue weighted by molar-refractivity contribution is -0.134. The van der Waals surface area contributed by atoms with E-state index in [1.165, 1.54) is 11.8 Å². The van der Waals surface area contributed by atoms with E-state index in [1.54, 1.807) is 43.1 Å². The maximum atomic E-state index is 13.6. The van der Waals surface area contributed by atoms with Crippen molar-refractivity contribution in [3.8, 4) is 17.2 Å². The molecule has 0 saturated carbocycles. The summed E-state index contributed by atoms with van der Waals surface area (Å²) in [6.45, 7) is 4.82. The summed E-state index contributed by atoms with van der Waals surface area (Å²) in [6, 6.07) is 12.9. The predicted octanol–water partition coefficient (Wildman–Crippen LogP) is 4.67. The average Bonchev–Trinajstić information content (AvgIpc) is 2.88. The van der Waals surface area contributed by atoms with Crippen LogP contribution in [-0.2, 0) is 4.79 Å². The third kappa shape index (κ3) is 4.64. The van der Waals surface area contributed by atoms with Crippen molar-refractivity contribution in [1.82, 2.24) is 14.5 Å². The van der Waals surface area contributed by atoms with Crippen LogP contribution < -0.4 is 15.0 Å². The SMILES string of the molecule is CCC1CCCCN1C(=O)C(C)Sc1nc2ccccc2c(=O)n1-c1ccc(OC)c(OC)c1. The molecule has 0 radical (unpaired) electrons. The number of benzene rings is 2. The van der Waals surface area contributed by atoms with Crippen molar-refractivity contribution in [2.75, 3.05) is 20.8 Å². The molecular formula is C26H31N3O4S. The van der Waals surface area contributed by atoms with Gasteiger partial charge in [-0.15, -0.1) is 0 Å². The van der Waals surface area contributed by atoms with Gasteiger partial charge in [0, 0.05) is 18.7 Å². The molecule has 1 aliphatic heterocycles. The lowest BCUT2D eigenvalue weighted by Crippen LogP contribution is -2.46. The van der Waals surface area contributed by atoms with Gasteiger partial charge < -0.3 is 14.4 Å². The van der Waals surface area contributed by atoms with Gasteiger partial charge in [-0.05, 0) is 56.9 Å². The van der Waals surface area contributed by atoms with Crippen molar-refractivity contribution in [3.63, 3.8) is 0 Å². The summed E-state index contributed by atoms with van der Waals surface area (Å²) >= 11 is 1.32. The van der Waals surface area contributed by atoms with E-state index in [2.05, 4.69) is 6.92 Å². The fraction of sp³-hybridized carbons (Fsp3) is 0.423. The normalized spacial score (nSPS) is 16.9. The quantitative estimate of drug-likeness (QED) is 0.361. The summed E-state index contributed by atoms with van der Waals surface area (Å²) in [7, 11) is 3.13. The minimum atomic E-state index is -0.383. The first-order valence-electron chi connectivity index (χ1n) is 11.7. The molecule has 2 heterocycles. The number of para-hydroxylation sites is 1. The third-order valence-electron chi connectivity index (χ3n) is 6.38. The molecule has 4 rings (SSSR count). The van der Waals surface area contributed by atoms with E-state index in [0.29, 0.717) is 33.2 Å². The topological polar surface area (TPSA) is 73.7 Å². The second-order valence-corrected chi connectivity index (χ2v) is 9.75. The summed E-state index contributed by atoms with van der Waals surface area (Å²) in [5.74, 6) is 1.18. The molecule has 0 N–H and O–H groups in total. The first-order chi connectivity index (χ1) is 16.5. The van der Waals surface area contributed by atoms with Crippen LogP contribution in [0.3, 0.4) is 0 Å². The lowest BCUT2D eigenvalue weighted by Gasteiger charge is -2.36. The number of aromatic nitrogens is 2. The smallest absolute Gasteiger partial charge is 0.266 e. The predicted molar refractivity (Wildman–Crippen MR) is 135 cm³/mol. The molecule has 0 bridgehead atoms. The number of methoxy groups -OCH3 is 2. The summed E-state index contributed by atoms with van der Waals surface area (Å²) < 4.78 is 12.4. The highest BCUT2D eigenvalue weighted by atomic mass is 32.2. The Labute approximate surface area is 204 Å². The first kappa shape index (κ1) is 24.1. The number of thioether (sulfide) groups is 1. The first-order valence-corrected chi connectivity index (χ1v) is 12.6. The van der Waals surface area contributed by atoms with Gasteiger partial charge in [0.05, 0.1) is 36.1 Å². The Morgan fingerprint density at radius 3 is 2.65 bits per heavy atom. The van der Waals surface area contributed by atoms with Crippen LogP contribution in [-0.4, -0.2) is 52.4 Å². The molecule has 180 valence electrons. The van der Waals surface area contributed by atoms with Crippen molar-refractivity contribution in [2.24, 2.45) is 0 Å². The molecule has 7 nitrogen and oxygen atoms in total. The van der Waals surface area contributed by atoms with Crippen LogP contribution in [0.2, 0.25) is 0 Å². The van der Waals surface area contributed by atoms with Crippen LogP contribution in [0.25, 0.3) is 16.6 Å². The van der Waals surface area contributed by atoms with Gasteiger partial charge in [-0.2, -0.15) is 0 Å². The van der Waals surface area contributed by atoms with Gasteiger partial charge in [0.1, 0.15) is 0 Å². The number of likely N-dealkylation sites (tertiary alicyclic amines) is 1. The van der Waals surface area contributed by atoms with E-state index < -0.39 is 0 Å². The Bertz CT molecular complexity index is 1240. The average molecular weight is 482 g/mol. The summed E-state index contributed by atoms with van der Waals surface area (Å²) in [5.41, 5.74) is 1.02. The molecular weight excluding hydrogens is 450 g/mol. The van der Waals surface area contributed by atoms with Crippen molar-refractivity contribution < 1.29 is 14.3 Å². The molecule has 1 fully saturated rings. The minimum Gasteiger partial charge on any atom is -0.493 e. The molecule has 1 saturated heterocycles. The number of hydrogen-bond donors (Lipinski definition) is 0. The van der Waals surface area contributed by atoms with Crippen LogP contribution in [0, 0.1) is 0 Å². The van der Waals surface area contributed by atoms with Gasteiger partial charge in [0.2, 0.25) is 5.91 Å². The molecule has 0 aliphatic carbocycles. The molecule has 2 aromatic carbocycles. The molecule has 1 amide bonds. The van der Waals surface area contributed by atoms with E-state index in [0.717, 1.165) is 32.2 Å². The number of amides is 1. The van der Waals surface area contributed by atoms with Crippen molar-refractivity contribution in [1.29, 1.82) is 0 Å². The second kappa shape index (κ2) is 10.5. The zero-order chi connectivity index (χ0) is 24.2. The molecule has 2 atom stereocenters. The number of nitrogens with zero attached hydrogens (tertiary/aromatic N) is 3. The Balaban J connectivity index is 1.78. The molecule has 2 unspecified atom stereocenters. The molecule has 8 heteroatoms. The fourth-order valence-electron chi connectivity index (χ4n) is 4.54.